The number of aromatic hydroxyl groups is 2. The van der Waals surface area contributed by atoms with Crippen molar-refractivity contribution in [1.82, 2.24) is 0 Å². The van der Waals surface area contributed by atoms with E-state index < -0.39 is 0 Å². The van der Waals surface area contributed by atoms with Crippen LogP contribution in [0.25, 0.3) is 0 Å². The minimum atomic E-state index is -0.365. The van der Waals surface area contributed by atoms with E-state index in [1.807, 2.05) is 0 Å². The molecule has 4 rings (SSSR count). The van der Waals surface area contributed by atoms with E-state index in [4.69, 9.17) is 23.7 Å². The lowest BCUT2D eigenvalue weighted by Crippen LogP contribution is -2.23. The summed E-state index contributed by atoms with van der Waals surface area (Å²) in [6.45, 7) is 0.369. The maximum Gasteiger partial charge on any atom is 0.207 e. The van der Waals surface area contributed by atoms with Crippen LogP contribution in [0.5, 0.6) is 40.2 Å². The molecule has 2 aromatic carbocycles. The molecule has 0 saturated heterocycles. The first-order chi connectivity index (χ1) is 12.1. The Kier molecular flexibility index (Phi) is 3.45. The van der Waals surface area contributed by atoms with Crippen molar-refractivity contribution in [2.24, 2.45) is 0 Å². The van der Waals surface area contributed by atoms with Crippen LogP contribution in [0.2, 0.25) is 0 Å². The predicted molar refractivity (Wildman–Crippen MR) is 87.5 cm³/mol. The average molecular weight is 346 g/mol. The molecule has 2 atom stereocenters. The van der Waals surface area contributed by atoms with E-state index in [2.05, 4.69) is 0 Å². The summed E-state index contributed by atoms with van der Waals surface area (Å²) in [5.74, 6) is 1.86. The number of methoxy groups -OCH3 is 3. The van der Waals surface area contributed by atoms with Crippen LogP contribution in [0.15, 0.2) is 18.2 Å². The first-order valence-electron chi connectivity index (χ1n) is 7.77. The molecule has 2 aliphatic rings. The zero-order chi connectivity index (χ0) is 17.7. The fraction of sp³-hybridized carbons (Fsp3) is 0.333. The first kappa shape index (κ1) is 15.6. The Hall–Kier alpha value is -2.96. The van der Waals surface area contributed by atoms with Gasteiger partial charge in [0.1, 0.15) is 11.9 Å². The van der Waals surface area contributed by atoms with E-state index in [9.17, 15) is 10.2 Å². The Morgan fingerprint density at radius 3 is 2.32 bits per heavy atom. The van der Waals surface area contributed by atoms with Crippen molar-refractivity contribution < 1.29 is 33.9 Å². The largest absolute Gasteiger partial charge is 0.504 e. The third kappa shape index (κ3) is 2.12. The van der Waals surface area contributed by atoms with Crippen molar-refractivity contribution in [1.29, 1.82) is 0 Å². The summed E-state index contributed by atoms with van der Waals surface area (Å²) >= 11 is 0. The van der Waals surface area contributed by atoms with Crippen molar-refractivity contribution >= 4 is 0 Å². The van der Waals surface area contributed by atoms with Gasteiger partial charge in [-0.2, -0.15) is 0 Å². The van der Waals surface area contributed by atoms with E-state index in [1.165, 1.54) is 21.3 Å². The van der Waals surface area contributed by atoms with Crippen LogP contribution < -0.4 is 23.7 Å². The van der Waals surface area contributed by atoms with Crippen molar-refractivity contribution in [2.45, 2.75) is 12.0 Å². The Labute approximate surface area is 144 Å². The molecular weight excluding hydrogens is 328 g/mol. The van der Waals surface area contributed by atoms with Gasteiger partial charge in [-0.25, -0.2) is 0 Å². The smallest absolute Gasteiger partial charge is 0.207 e. The molecule has 7 nitrogen and oxygen atoms in total. The van der Waals surface area contributed by atoms with Gasteiger partial charge in [0.15, 0.2) is 23.0 Å². The zero-order valence-electron chi connectivity index (χ0n) is 14.0. The summed E-state index contributed by atoms with van der Waals surface area (Å²) in [6, 6.07) is 4.84. The van der Waals surface area contributed by atoms with Gasteiger partial charge in [-0.05, 0) is 12.1 Å². The molecule has 0 radical (unpaired) electrons. The summed E-state index contributed by atoms with van der Waals surface area (Å²) in [5.41, 5.74) is 1.49. The maximum atomic E-state index is 10.2. The second kappa shape index (κ2) is 5.54. The zero-order valence-corrected chi connectivity index (χ0v) is 14.0. The van der Waals surface area contributed by atoms with Gasteiger partial charge in [-0.1, -0.05) is 0 Å². The van der Waals surface area contributed by atoms with E-state index in [0.717, 1.165) is 5.56 Å². The van der Waals surface area contributed by atoms with Crippen LogP contribution in [-0.2, 0) is 0 Å². The van der Waals surface area contributed by atoms with Gasteiger partial charge in [0.2, 0.25) is 11.5 Å². The minimum absolute atomic E-state index is 0.0115. The van der Waals surface area contributed by atoms with Crippen molar-refractivity contribution in [3.05, 3.63) is 29.3 Å². The second-order valence-electron chi connectivity index (χ2n) is 5.90. The highest BCUT2D eigenvalue weighted by molar-refractivity contribution is 5.66. The number of ether oxygens (including phenoxy) is 5. The Morgan fingerprint density at radius 1 is 0.920 bits per heavy atom. The van der Waals surface area contributed by atoms with Crippen LogP contribution in [-0.4, -0.2) is 38.1 Å². The molecule has 25 heavy (non-hydrogen) atoms. The third-order valence-electron chi connectivity index (χ3n) is 4.65. The van der Waals surface area contributed by atoms with Gasteiger partial charge < -0.3 is 33.9 Å². The van der Waals surface area contributed by atoms with Gasteiger partial charge in [-0.15, -0.1) is 0 Å². The van der Waals surface area contributed by atoms with Crippen LogP contribution >= 0.6 is 0 Å². The fourth-order valence-electron chi connectivity index (χ4n) is 3.49. The molecule has 0 spiro atoms. The molecule has 0 unspecified atom stereocenters. The monoisotopic (exact) mass is 346 g/mol. The molecule has 0 fully saturated rings. The molecule has 2 aromatic rings. The lowest BCUT2D eigenvalue weighted by Gasteiger charge is -2.28. The standard InChI is InChI=1S/C18H18O7/c1-21-14-6-13-9(5-11(14)19)15-10(7-24-13)8-4-12(20)17(22-2)18(23-3)16(8)25-15/h4-6,10,15,19-20H,7H2,1-3H3/t10-,15-/m1/s1. The summed E-state index contributed by atoms with van der Waals surface area (Å²) in [4.78, 5) is 0. The highest BCUT2D eigenvalue weighted by Gasteiger charge is 2.44. The van der Waals surface area contributed by atoms with Gasteiger partial charge in [0.25, 0.3) is 0 Å². The normalized spacial score (nSPS) is 19.8. The third-order valence-corrected chi connectivity index (χ3v) is 4.65. The molecule has 0 bridgehead atoms. The number of phenols is 2. The number of phenolic OH excluding ortho intramolecular Hbond substituents is 2. The highest BCUT2D eigenvalue weighted by atomic mass is 16.6. The molecule has 132 valence electrons. The van der Waals surface area contributed by atoms with Gasteiger partial charge in [0.05, 0.1) is 33.9 Å². The fourth-order valence-corrected chi connectivity index (χ4v) is 3.49. The SMILES string of the molecule is COc1cc2c(cc1O)[C@H]1Oc3c(cc(O)c(OC)c3OC)[C@H]1CO2. The van der Waals surface area contributed by atoms with Gasteiger partial charge in [0, 0.05) is 17.2 Å². The summed E-state index contributed by atoms with van der Waals surface area (Å²) in [7, 11) is 4.42. The van der Waals surface area contributed by atoms with Crippen LogP contribution in [0.4, 0.5) is 0 Å². The van der Waals surface area contributed by atoms with Crippen LogP contribution in [0.3, 0.4) is 0 Å². The average Bonchev–Trinajstić information content (AvgIpc) is 2.98. The number of hydrogen-bond acceptors (Lipinski definition) is 7. The molecule has 0 aliphatic carbocycles. The van der Waals surface area contributed by atoms with E-state index in [-0.39, 0.29) is 29.3 Å². The van der Waals surface area contributed by atoms with Crippen LogP contribution in [0, 0.1) is 0 Å². The molecule has 2 N–H and O–H groups in total. The van der Waals surface area contributed by atoms with Gasteiger partial charge in [-0.3, -0.25) is 0 Å². The molecule has 0 aromatic heterocycles. The van der Waals surface area contributed by atoms with E-state index in [0.29, 0.717) is 35.2 Å². The maximum absolute atomic E-state index is 10.2. The first-order valence-corrected chi connectivity index (χ1v) is 7.77. The Balaban J connectivity index is 1.84. The minimum Gasteiger partial charge on any atom is -0.504 e. The van der Waals surface area contributed by atoms with Crippen molar-refractivity contribution in [2.75, 3.05) is 27.9 Å². The number of hydrogen-bond donors (Lipinski definition) is 2. The second-order valence-corrected chi connectivity index (χ2v) is 5.90. The van der Waals surface area contributed by atoms with Gasteiger partial charge >= 0.3 is 0 Å². The Morgan fingerprint density at radius 2 is 1.64 bits per heavy atom. The number of rotatable bonds is 3. The number of fused-ring (bicyclic) bond motifs is 5. The Bertz CT molecular complexity index is 846. The topological polar surface area (TPSA) is 86.6 Å². The molecular formula is C18H18O7. The summed E-state index contributed by atoms with van der Waals surface area (Å²) in [5, 5.41) is 20.3. The predicted octanol–water partition coefficient (Wildman–Crippen LogP) is 2.73. The molecule has 7 heteroatoms. The van der Waals surface area contributed by atoms with E-state index >= 15 is 0 Å². The number of benzene rings is 2. The molecule has 0 saturated carbocycles. The highest BCUT2D eigenvalue weighted by Crippen LogP contribution is 2.59. The van der Waals surface area contributed by atoms with Crippen molar-refractivity contribution in [3.8, 4) is 40.2 Å². The molecule has 0 amide bonds. The quantitative estimate of drug-likeness (QED) is 0.883. The summed E-state index contributed by atoms with van der Waals surface area (Å²) < 4.78 is 27.7. The molecule has 2 heterocycles. The summed E-state index contributed by atoms with van der Waals surface area (Å²) in [6.07, 6.45) is -0.365. The van der Waals surface area contributed by atoms with E-state index in [1.54, 1.807) is 18.2 Å². The lowest BCUT2D eigenvalue weighted by molar-refractivity contribution is 0.136. The lowest BCUT2D eigenvalue weighted by atomic mass is 9.89. The van der Waals surface area contributed by atoms with Crippen LogP contribution in [0.1, 0.15) is 23.1 Å². The molecule has 2 aliphatic heterocycles. The van der Waals surface area contributed by atoms with Crippen molar-refractivity contribution in [3.63, 3.8) is 0 Å².